The predicted octanol–water partition coefficient (Wildman–Crippen LogP) is 4.58. The van der Waals surface area contributed by atoms with Gasteiger partial charge in [-0.2, -0.15) is 0 Å². The Morgan fingerprint density at radius 1 is 0.878 bits per heavy atom. The van der Waals surface area contributed by atoms with E-state index in [0.717, 1.165) is 5.56 Å². The number of methoxy groups -OCH3 is 3. The van der Waals surface area contributed by atoms with Crippen LogP contribution in [0.4, 0.5) is 10.1 Å². The van der Waals surface area contributed by atoms with Crippen molar-refractivity contribution in [1.29, 1.82) is 0 Å². The Morgan fingerprint density at radius 2 is 1.51 bits per heavy atom. The molecule has 0 fully saturated rings. The molecule has 2 N–H and O–H groups in total. The highest BCUT2D eigenvalue weighted by Crippen LogP contribution is 2.51. The number of anilines is 1. The maximum atomic E-state index is 14.6. The number of carbonyl (C=O) groups is 3. The molecule has 5 rings (SSSR count). The lowest BCUT2D eigenvalue weighted by Gasteiger charge is -2.44. The quantitative estimate of drug-likeness (QED) is 0.347. The van der Waals surface area contributed by atoms with Gasteiger partial charge in [0.2, 0.25) is 0 Å². The van der Waals surface area contributed by atoms with Crippen LogP contribution >= 0.6 is 0 Å². The molecule has 8 nitrogen and oxygen atoms in total. The number of nitrogens with zero attached hydrogens (tertiary/aromatic N) is 1. The molecule has 0 saturated carbocycles. The van der Waals surface area contributed by atoms with Gasteiger partial charge in [0.15, 0.2) is 5.78 Å². The van der Waals surface area contributed by atoms with Crippen LogP contribution in [0.15, 0.2) is 102 Å². The van der Waals surface area contributed by atoms with E-state index in [4.69, 9.17) is 19.9 Å². The molecule has 210 valence electrons. The minimum atomic E-state index is -1.20. The number of hydrogen-bond acceptors (Lipinski definition) is 8. The number of carbonyl (C=O) groups excluding carboxylic acids is 3. The van der Waals surface area contributed by atoms with Gasteiger partial charge in [-0.25, -0.2) is 9.18 Å². The molecule has 1 heterocycles. The van der Waals surface area contributed by atoms with Crippen LogP contribution in [0.2, 0.25) is 0 Å². The van der Waals surface area contributed by atoms with Crippen LogP contribution in [0.5, 0.6) is 5.75 Å². The van der Waals surface area contributed by atoms with Crippen molar-refractivity contribution in [3.05, 3.63) is 118 Å². The molecule has 0 unspecified atom stereocenters. The van der Waals surface area contributed by atoms with Crippen molar-refractivity contribution in [3.63, 3.8) is 0 Å². The van der Waals surface area contributed by atoms with Gasteiger partial charge in [-0.1, -0.05) is 42.5 Å². The first-order valence-corrected chi connectivity index (χ1v) is 13.0. The SMILES string of the molecule is COC(=O)C1=C(N)N(c2ccccc2)C2=C(C(=O)[C@H](C(=O)OC)[C@H](c3ccc(OC)cc3)C2)[C@@H]1c1ccc(F)cc1. The molecule has 1 aliphatic carbocycles. The zero-order chi connectivity index (χ0) is 29.3. The first-order valence-electron chi connectivity index (χ1n) is 13.0. The third-order valence-electron chi connectivity index (χ3n) is 7.66. The number of nitrogens with two attached hydrogens (primary N) is 1. The summed E-state index contributed by atoms with van der Waals surface area (Å²) >= 11 is 0. The van der Waals surface area contributed by atoms with Crippen molar-refractivity contribution in [1.82, 2.24) is 0 Å². The average molecular weight is 557 g/mol. The number of ketones is 1. The lowest BCUT2D eigenvalue weighted by atomic mass is 9.67. The normalized spacial score (nSPS) is 20.4. The molecule has 9 heteroatoms. The molecule has 2 aliphatic rings. The summed E-state index contributed by atoms with van der Waals surface area (Å²) < 4.78 is 29.5. The van der Waals surface area contributed by atoms with Crippen LogP contribution in [0.3, 0.4) is 0 Å². The van der Waals surface area contributed by atoms with Crippen LogP contribution in [-0.2, 0) is 23.9 Å². The zero-order valence-electron chi connectivity index (χ0n) is 22.8. The van der Waals surface area contributed by atoms with Gasteiger partial charge in [-0.15, -0.1) is 0 Å². The van der Waals surface area contributed by atoms with E-state index in [9.17, 15) is 18.8 Å². The molecule has 0 aromatic heterocycles. The van der Waals surface area contributed by atoms with Gasteiger partial charge in [-0.05, 0) is 53.9 Å². The highest BCUT2D eigenvalue weighted by Gasteiger charge is 2.51. The monoisotopic (exact) mass is 556 g/mol. The van der Waals surface area contributed by atoms with Crippen molar-refractivity contribution in [2.45, 2.75) is 18.3 Å². The Morgan fingerprint density at radius 3 is 2.10 bits per heavy atom. The molecule has 1 aliphatic heterocycles. The number of benzene rings is 3. The van der Waals surface area contributed by atoms with Gasteiger partial charge in [0.25, 0.3) is 0 Å². The number of para-hydroxylation sites is 1. The van der Waals surface area contributed by atoms with E-state index in [1.807, 2.05) is 42.5 Å². The lowest BCUT2D eigenvalue weighted by molar-refractivity contribution is -0.150. The highest BCUT2D eigenvalue weighted by molar-refractivity contribution is 6.14. The molecule has 41 heavy (non-hydrogen) atoms. The number of rotatable bonds is 6. The standard InChI is InChI=1S/C32H29FN2O6/c1-39-22-15-11-18(12-16-22)23-17-24-27(29(36)26(23)31(37)40-2)25(19-9-13-20(33)14-10-19)28(32(38)41-3)30(34)35(24)21-7-5-4-6-8-21/h4-16,23,25-26H,17,34H2,1-3H3/t23-,25-,26+/m0/s1. The van der Waals surface area contributed by atoms with Crippen molar-refractivity contribution in [2.75, 3.05) is 26.2 Å². The van der Waals surface area contributed by atoms with Crippen molar-refractivity contribution in [3.8, 4) is 5.75 Å². The van der Waals surface area contributed by atoms with Crippen molar-refractivity contribution in [2.24, 2.45) is 11.7 Å². The zero-order valence-corrected chi connectivity index (χ0v) is 22.8. The summed E-state index contributed by atoms with van der Waals surface area (Å²) in [5.41, 5.74) is 9.31. The molecule has 3 aromatic carbocycles. The number of Topliss-reactive ketones (excluding diaryl/α,β-unsaturated/α-hetero) is 1. The third-order valence-corrected chi connectivity index (χ3v) is 7.66. The predicted molar refractivity (Wildman–Crippen MR) is 149 cm³/mol. The number of esters is 2. The van der Waals surface area contributed by atoms with Gasteiger partial charge in [0.05, 0.1) is 32.8 Å². The molecule has 0 radical (unpaired) electrons. The van der Waals surface area contributed by atoms with Gasteiger partial charge < -0.3 is 19.9 Å². The maximum absolute atomic E-state index is 14.6. The number of halogens is 1. The summed E-state index contributed by atoms with van der Waals surface area (Å²) in [5, 5.41) is 0. The first kappa shape index (κ1) is 27.6. The second-order valence-corrected chi connectivity index (χ2v) is 9.76. The summed E-state index contributed by atoms with van der Waals surface area (Å²) in [6.07, 6.45) is 0.217. The minimum Gasteiger partial charge on any atom is -0.497 e. The van der Waals surface area contributed by atoms with Crippen LogP contribution < -0.4 is 15.4 Å². The largest absolute Gasteiger partial charge is 0.497 e. The number of allylic oxidation sites excluding steroid dienone is 2. The molecule has 0 amide bonds. The van der Waals surface area contributed by atoms with E-state index in [0.29, 0.717) is 22.7 Å². The first-order chi connectivity index (χ1) is 19.8. The lowest BCUT2D eigenvalue weighted by Crippen LogP contribution is -2.46. The number of hydrogen-bond donors (Lipinski definition) is 1. The van der Waals surface area contributed by atoms with Gasteiger partial charge >= 0.3 is 11.9 Å². The average Bonchev–Trinajstić information content (AvgIpc) is 3.00. The van der Waals surface area contributed by atoms with Crippen molar-refractivity contribution < 1.29 is 33.0 Å². The van der Waals surface area contributed by atoms with Crippen molar-refractivity contribution >= 4 is 23.4 Å². The molecule has 3 atom stereocenters. The molecule has 0 spiro atoms. The van der Waals surface area contributed by atoms with Crippen LogP contribution in [0.25, 0.3) is 0 Å². The Bertz CT molecular complexity index is 1550. The second-order valence-electron chi connectivity index (χ2n) is 9.76. The van der Waals surface area contributed by atoms with Crippen LogP contribution in [-0.4, -0.2) is 39.1 Å². The van der Waals surface area contributed by atoms with Gasteiger partial charge in [0, 0.05) is 22.9 Å². The molecule has 3 aromatic rings. The second kappa shape index (κ2) is 11.3. The van der Waals surface area contributed by atoms with E-state index in [1.165, 1.54) is 38.5 Å². The van der Waals surface area contributed by atoms with E-state index >= 15 is 0 Å². The van der Waals surface area contributed by atoms with E-state index in [-0.39, 0.29) is 23.4 Å². The maximum Gasteiger partial charge on any atom is 0.338 e. The Balaban J connectivity index is 1.80. The van der Waals surface area contributed by atoms with E-state index in [1.54, 1.807) is 24.1 Å². The molecular formula is C32H29FN2O6. The summed E-state index contributed by atoms with van der Waals surface area (Å²) in [5.74, 6) is -4.55. The minimum absolute atomic E-state index is 0.0153. The van der Waals surface area contributed by atoms with Crippen LogP contribution in [0.1, 0.15) is 29.4 Å². The highest BCUT2D eigenvalue weighted by atomic mass is 19.1. The summed E-state index contributed by atoms with van der Waals surface area (Å²) in [7, 11) is 4.01. The van der Waals surface area contributed by atoms with Gasteiger partial charge in [0.1, 0.15) is 23.3 Å². The summed E-state index contributed by atoms with van der Waals surface area (Å²) in [6.45, 7) is 0. The summed E-state index contributed by atoms with van der Waals surface area (Å²) in [6, 6.07) is 21.7. The smallest absolute Gasteiger partial charge is 0.338 e. The fraction of sp³-hybridized carbons (Fsp3) is 0.219. The fourth-order valence-electron chi connectivity index (χ4n) is 5.76. The molecule has 0 saturated heterocycles. The third kappa shape index (κ3) is 4.84. The van der Waals surface area contributed by atoms with E-state index in [2.05, 4.69) is 0 Å². The Hall–Kier alpha value is -4.92. The topological polar surface area (TPSA) is 108 Å². The Kier molecular flexibility index (Phi) is 7.61. The fourth-order valence-corrected chi connectivity index (χ4v) is 5.76. The molecule has 0 bridgehead atoms. The van der Waals surface area contributed by atoms with E-state index < -0.39 is 41.3 Å². The molecular weight excluding hydrogens is 527 g/mol. The number of ether oxygens (including phenoxy) is 3. The summed E-state index contributed by atoms with van der Waals surface area (Å²) in [4.78, 5) is 42.8. The van der Waals surface area contributed by atoms with Crippen LogP contribution in [0, 0.1) is 11.7 Å². The van der Waals surface area contributed by atoms with Gasteiger partial charge in [-0.3, -0.25) is 14.5 Å². The Labute approximate surface area is 236 Å².